The van der Waals surface area contributed by atoms with E-state index in [0.717, 1.165) is 0 Å². The summed E-state index contributed by atoms with van der Waals surface area (Å²) in [6, 6.07) is 0. The first kappa shape index (κ1) is 15.2. The van der Waals surface area contributed by atoms with Crippen LogP contribution in [-0.4, -0.2) is 38.5 Å². The van der Waals surface area contributed by atoms with Gasteiger partial charge in [0.2, 0.25) is 0 Å². The van der Waals surface area contributed by atoms with E-state index in [-0.39, 0.29) is 6.61 Å². The van der Waals surface area contributed by atoms with Gasteiger partial charge in [-0.05, 0) is 27.7 Å². The van der Waals surface area contributed by atoms with Crippen molar-refractivity contribution in [2.24, 2.45) is 0 Å². The zero-order chi connectivity index (χ0) is 12.3. The molecule has 6 heteroatoms. The summed E-state index contributed by atoms with van der Waals surface area (Å²) in [6.45, 7) is 6.86. The van der Waals surface area contributed by atoms with Gasteiger partial charge in [-0.25, -0.2) is 0 Å². The van der Waals surface area contributed by atoms with E-state index in [2.05, 4.69) is 0 Å². The molecule has 94 valence electrons. The van der Waals surface area contributed by atoms with E-state index in [1.54, 1.807) is 27.7 Å². The van der Waals surface area contributed by atoms with Crippen LogP contribution in [0.1, 0.15) is 34.1 Å². The van der Waals surface area contributed by atoms with Crippen LogP contribution in [-0.2, 0) is 8.92 Å². The van der Waals surface area contributed by atoms with Crippen LogP contribution < -0.4 is 0 Å². The molecule has 0 rings (SSSR count). The molecule has 0 aliphatic carbocycles. The molecule has 0 amide bonds. The summed E-state index contributed by atoms with van der Waals surface area (Å²) < 4.78 is 28.1. The largest absolute Gasteiger partial charge is 0.366 e. The SMILES string of the molecule is CC(C)(O)OC(C)(C)CCOS(C)(O)O. The maximum Gasteiger partial charge on any atom is 0.160 e. The van der Waals surface area contributed by atoms with Gasteiger partial charge >= 0.3 is 0 Å². The normalized spacial score (nSPS) is 15.5. The van der Waals surface area contributed by atoms with E-state index in [4.69, 9.17) is 18.0 Å². The first-order valence-electron chi connectivity index (χ1n) is 4.71. The van der Waals surface area contributed by atoms with Crippen LogP contribution in [0.25, 0.3) is 0 Å². The summed E-state index contributed by atoms with van der Waals surface area (Å²) >= 11 is 0. The predicted molar refractivity (Wildman–Crippen MR) is 60.8 cm³/mol. The molecule has 0 bridgehead atoms. The molecule has 15 heavy (non-hydrogen) atoms. The first-order chi connectivity index (χ1) is 6.41. The second kappa shape index (κ2) is 4.99. The van der Waals surface area contributed by atoms with Crippen molar-refractivity contribution in [3.8, 4) is 0 Å². The molecule has 0 radical (unpaired) electrons. The highest BCUT2D eigenvalue weighted by molar-refractivity contribution is 8.19. The van der Waals surface area contributed by atoms with Crippen molar-refractivity contribution in [2.45, 2.75) is 45.5 Å². The number of hydrogen-bond donors (Lipinski definition) is 3. The number of hydrogen-bond acceptors (Lipinski definition) is 5. The Balaban J connectivity index is 3.95. The molecule has 0 aromatic heterocycles. The minimum absolute atomic E-state index is 0.169. The van der Waals surface area contributed by atoms with Crippen LogP contribution in [0.2, 0.25) is 0 Å². The maximum absolute atomic E-state index is 9.46. The van der Waals surface area contributed by atoms with E-state index >= 15 is 0 Å². The van der Waals surface area contributed by atoms with Gasteiger partial charge in [0.1, 0.15) is 0 Å². The Kier molecular flexibility index (Phi) is 5.04. The Morgan fingerprint density at radius 2 is 1.60 bits per heavy atom. The highest BCUT2D eigenvalue weighted by Crippen LogP contribution is 2.35. The average molecular weight is 242 g/mol. The van der Waals surface area contributed by atoms with Crippen LogP contribution in [0, 0.1) is 0 Å². The summed E-state index contributed by atoms with van der Waals surface area (Å²) in [5, 5.41) is 9.46. The van der Waals surface area contributed by atoms with Gasteiger partial charge in [0, 0.05) is 12.7 Å². The molecule has 0 fully saturated rings. The molecule has 0 unspecified atom stereocenters. The van der Waals surface area contributed by atoms with Gasteiger partial charge in [0.05, 0.1) is 23.1 Å². The summed E-state index contributed by atoms with van der Waals surface area (Å²) in [5.41, 5.74) is -0.580. The second-order valence-electron chi connectivity index (χ2n) is 4.64. The molecule has 0 heterocycles. The fourth-order valence-corrected chi connectivity index (χ4v) is 1.57. The van der Waals surface area contributed by atoms with Crippen molar-refractivity contribution in [1.82, 2.24) is 0 Å². The lowest BCUT2D eigenvalue weighted by atomic mass is 10.1. The van der Waals surface area contributed by atoms with Gasteiger partial charge in [-0.15, -0.1) is 0 Å². The minimum atomic E-state index is -2.91. The number of aliphatic hydroxyl groups is 1. The van der Waals surface area contributed by atoms with E-state index in [1.807, 2.05) is 0 Å². The summed E-state index contributed by atoms with van der Waals surface area (Å²) in [5.74, 6) is -1.21. The standard InChI is InChI=1S/C9H22O5S/c1-8(2,14-9(3,4)10)6-7-13-15(5,11)12/h10-12H,6-7H2,1-5H3. The lowest BCUT2D eigenvalue weighted by molar-refractivity contribution is -0.237. The topological polar surface area (TPSA) is 79.2 Å². The van der Waals surface area contributed by atoms with Gasteiger partial charge in [-0.3, -0.25) is 4.18 Å². The van der Waals surface area contributed by atoms with Crippen molar-refractivity contribution in [3.63, 3.8) is 0 Å². The first-order valence-corrected chi connectivity index (χ1v) is 6.59. The monoisotopic (exact) mass is 242 g/mol. The molecule has 0 aliphatic heterocycles. The smallest absolute Gasteiger partial charge is 0.160 e. The molecule has 0 aromatic rings. The lowest BCUT2D eigenvalue weighted by Crippen LogP contribution is -2.37. The third-order valence-electron chi connectivity index (χ3n) is 1.54. The molecular formula is C9H22O5S. The minimum Gasteiger partial charge on any atom is -0.366 e. The van der Waals surface area contributed by atoms with Crippen LogP contribution in [0.15, 0.2) is 0 Å². The second-order valence-corrected chi connectivity index (χ2v) is 6.40. The fourth-order valence-electron chi connectivity index (χ4n) is 1.17. The van der Waals surface area contributed by atoms with Crippen molar-refractivity contribution in [2.75, 3.05) is 12.9 Å². The van der Waals surface area contributed by atoms with E-state index in [1.165, 1.54) is 6.26 Å². The highest BCUT2D eigenvalue weighted by Gasteiger charge is 2.27. The Labute approximate surface area is 93.0 Å². The summed E-state index contributed by atoms with van der Waals surface area (Å²) in [6.07, 6.45) is 1.68. The van der Waals surface area contributed by atoms with Gasteiger partial charge in [0.15, 0.2) is 5.79 Å². The number of rotatable bonds is 6. The third kappa shape index (κ3) is 10.4. The lowest BCUT2D eigenvalue weighted by Gasteiger charge is -2.33. The van der Waals surface area contributed by atoms with E-state index in [0.29, 0.717) is 6.42 Å². The van der Waals surface area contributed by atoms with Crippen LogP contribution >= 0.6 is 10.9 Å². The zero-order valence-corrected chi connectivity index (χ0v) is 10.8. The molecule has 0 aromatic carbocycles. The van der Waals surface area contributed by atoms with Crippen molar-refractivity contribution in [3.05, 3.63) is 0 Å². The van der Waals surface area contributed by atoms with Gasteiger partial charge in [0.25, 0.3) is 0 Å². The van der Waals surface area contributed by atoms with Gasteiger partial charge < -0.3 is 18.9 Å². The zero-order valence-electron chi connectivity index (χ0n) is 9.98. The Morgan fingerprint density at radius 3 is 1.93 bits per heavy atom. The average Bonchev–Trinajstić information content (AvgIpc) is 1.75. The Bertz CT molecular complexity index is 192. The molecule has 0 saturated carbocycles. The third-order valence-corrected chi connectivity index (χ3v) is 2.15. The Hall–Kier alpha value is 0.150. The van der Waals surface area contributed by atoms with E-state index < -0.39 is 22.3 Å². The van der Waals surface area contributed by atoms with Crippen LogP contribution in [0.5, 0.6) is 0 Å². The summed E-state index contributed by atoms with van der Waals surface area (Å²) in [7, 11) is -2.91. The number of ether oxygens (including phenoxy) is 1. The predicted octanol–water partition coefficient (Wildman–Crippen LogP) is 2.21. The fraction of sp³-hybridized carbons (Fsp3) is 1.00. The molecule has 0 saturated heterocycles. The quantitative estimate of drug-likeness (QED) is 0.622. The van der Waals surface area contributed by atoms with Crippen LogP contribution in [0.3, 0.4) is 0 Å². The summed E-state index contributed by atoms with van der Waals surface area (Å²) in [4.78, 5) is 0. The van der Waals surface area contributed by atoms with Gasteiger partial charge in [-0.2, -0.15) is 0 Å². The molecule has 5 nitrogen and oxygen atoms in total. The Morgan fingerprint density at radius 1 is 1.13 bits per heavy atom. The van der Waals surface area contributed by atoms with Crippen molar-refractivity contribution in [1.29, 1.82) is 0 Å². The molecule has 0 aliphatic rings. The van der Waals surface area contributed by atoms with Crippen molar-refractivity contribution < 1.29 is 23.1 Å². The maximum atomic E-state index is 9.46. The molecular weight excluding hydrogens is 220 g/mol. The van der Waals surface area contributed by atoms with E-state index in [9.17, 15) is 5.11 Å². The highest BCUT2D eigenvalue weighted by atomic mass is 32.3. The van der Waals surface area contributed by atoms with Gasteiger partial charge in [-0.1, -0.05) is 0 Å². The van der Waals surface area contributed by atoms with Crippen molar-refractivity contribution >= 4 is 10.9 Å². The van der Waals surface area contributed by atoms with Crippen LogP contribution in [0.4, 0.5) is 0 Å². The molecule has 0 atom stereocenters. The molecule has 3 N–H and O–H groups in total. The molecule has 0 spiro atoms.